The van der Waals surface area contributed by atoms with Gasteiger partial charge in [-0.15, -0.1) is 5.10 Å². The molecule has 6 rings (SSSR count). The second-order valence-corrected chi connectivity index (χ2v) is 12.0. The third-order valence-corrected chi connectivity index (χ3v) is 9.41. The molecule has 0 bridgehead atoms. The van der Waals surface area contributed by atoms with Gasteiger partial charge in [0, 0.05) is 52.4 Å². The summed E-state index contributed by atoms with van der Waals surface area (Å²) in [6.07, 6.45) is 7.03. The van der Waals surface area contributed by atoms with Crippen molar-refractivity contribution in [2.75, 3.05) is 20.2 Å². The van der Waals surface area contributed by atoms with E-state index in [-0.39, 0.29) is 16.6 Å². The molecule has 11 heteroatoms. The van der Waals surface area contributed by atoms with Gasteiger partial charge in [0.1, 0.15) is 0 Å². The number of benzene rings is 1. The number of hydrogen-bond acceptors (Lipinski definition) is 7. The molecule has 212 valence electrons. The number of methoxy groups -OCH3 is 1. The van der Waals surface area contributed by atoms with Gasteiger partial charge in [-0.3, -0.25) is 4.68 Å². The third-order valence-electron chi connectivity index (χ3n) is 7.67. The first-order valence-corrected chi connectivity index (χ1v) is 15.1. The van der Waals surface area contributed by atoms with Crippen molar-refractivity contribution in [3.63, 3.8) is 0 Å². The fourth-order valence-corrected chi connectivity index (χ4v) is 7.10. The van der Waals surface area contributed by atoms with Crippen LogP contribution in [-0.2, 0) is 16.4 Å². The number of halogens is 1. The van der Waals surface area contributed by atoms with E-state index in [9.17, 15) is 8.42 Å². The zero-order valence-electron chi connectivity index (χ0n) is 23.1. The predicted molar refractivity (Wildman–Crippen MR) is 155 cm³/mol. The number of ether oxygens (including phenoxy) is 1. The molecule has 1 N–H and O–H groups in total. The molecule has 5 heterocycles. The van der Waals surface area contributed by atoms with Gasteiger partial charge >= 0.3 is 0 Å². The van der Waals surface area contributed by atoms with Gasteiger partial charge in [-0.25, -0.2) is 22.4 Å². The molecule has 0 radical (unpaired) electrons. The Morgan fingerprint density at radius 3 is 2.44 bits per heavy atom. The maximum Gasteiger partial charge on any atom is 0.269 e. The molecule has 0 saturated carbocycles. The lowest BCUT2D eigenvalue weighted by atomic mass is 10.0. The Kier molecular flexibility index (Phi) is 7.08. The molecular formula is C30H31FN6O3S. The maximum absolute atomic E-state index is 15.3. The minimum atomic E-state index is -4.01. The van der Waals surface area contributed by atoms with E-state index in [4.69, 9.17) is 4.74 Å². The summed E-state index contributed by atoms with van der Waals surface area (Å²) in [4.78, 5) is 9.17. The van der Waals surface area contributed by atoms with E-state index in [0.717, 1.165) is 31.5 Å². The predicted octanol–water partition coefficient (Wildman–Crippen LogP) is 5.14. The molecule has 0 spiro atoms. The van der Waals surface area contributed by atoms with Crippen LogP contribution < -0.4 is 10.1 Å². The molecule has 0 amide bonds. The highest BCUT2D eigenvalue weighted by molar-refractivity contribution is 7.90. The molecule has 1 aromatic carbocycles. The van der Waals surface area contributed by atoms with Crippen molar-refractivity contribution in [3.8, 4) is 28.1 Å². The molecule has 1 aliphatic rings. The first-order valence-electron chi connectivity index (χ1n) is 13.6. The quantitative estimate of drug-likeness (QED) is 0.287. The van der Waals surface area contributed by atoms with Gasteiger partial charge in [-0.2, -0.15) is 4.39 Å². The summed E-state index contributed by atoms with van der Waals surface area (Å²) in [5.41, 5.74) is 4.00. The number of aromatic nitrogens is 5. The number of nitrogens with zero attached hydrogens (tertiary/aromatic N) is 5. The number of piperidine rings is 1. The minimum absolute atomic E-state index is 0.115. The molecule has 0 aliphatic carbocycles. The van der Waals surface area contributed by atoms with Crippen LogP contribution in [0.2, 0.25) is 0 Å². The zero-order chi connectivity index (χ0) is 28.7. The Morgan fingerprint density at radius 1 is 1.05 bits per heavy atom. The van der Waals surface area contributed by atoms with Crippen molar-refractivity contribution in [1.82, 2.24) is 29.0 Å². The number of pyridine rings is 2. The van der Waals surface area contributed by atoms with Crippen molar-refractivity contribution in [2.45, 2.75) is 44.0 Å². The Hall–Kier alpha value is -4.09. The van der Waals surface area contributed by atoms with Gasteiger partial charge < -0.3 is 10.1 Å². The SMILES string of the molecule is CCc1c(-c2ccc(OC)nc2)c2cc(-c3cn(C4CCNCC4)nc3F)cnc2n1S(=O)(=O)c1ccc(C)cc1. The summed E-state index contributed by atoms with van der Waals surface area (Å²) in [6, 6.07) is 12.2. The van der Waals surface area contributed by atoms with Crippen molar-refractivity contribution in [2.24, 2.45) is 0 Å². The smallest absolute Gasteiger partial charge is 0.269 e. The molecular weight excluding hydrogens is 543 g/mol. The van der Waals surface area contributed by atoms with Crippen LogP contribution in [0.15, 0.2) is 66.0 Å². The average molecular weight is 575 g/mol. The Morgan fingerprint density at radius 2 is 1.78 bits per heavy atom. The van der Waals surface area contributed by atoms with Gasteiger partial charge in [-0.1, -0.05) is 24.6 Å². The molecule has 0 unspecified atom stereocenters. The van der Waals surface area contributed by atoms with Crippen molar-refractivity contribution < 1.29 is 17.5 Å². The Labute approximate surface area is 238 Å². The van der Waals surface area contributed by atoms with E-state index in [2.05, 4.69) is 20.4 Å². The molecule has 9 nitrogen and oxygen atoms in total. The largest absolute Gasteiger partial charge is 0.481 e. The molecule has 0 atom stereocenters. The van der Waals surface area contributed by atoms with Crippen LogP contribution in [0, 0.1) is 12.9 Å². The van der Waals surface area contributed by atoms with E-state index in [1.165, 1.54) is 17.3 Å². The molecule has 5 aromatic rings. The number of nitrogens with one attached hydrogen (secondary N) is 1. The normalized spacial score (nSPS) is 14.5. The molecule has 1 fully saturated rings. The lowest BCUT2D eigenvalue weighted by molar-refractivity contribution is 0.334. The summed E-state index contributed by atoms with van der Waals surface area (Å²) in [5.74, 6) is -0.145. The molecule has 4 aromatic heterocycles. The molecule has 41 heavy (non-hydrogen) atoms. The average Bonchev–Trinajstić information content (AvgIpc) is 3.55. The third kappa shape index (κ3) is 4.78. The standard InChI is InChI=1S/C30H31FN6O3S/c1-4-26-28(20-7-10-27(40-3)33-16-20)24-15-21(25-18-36(35-29(25)31)22-11-13-32-14-12-22)17-34-30(24)37(26)41(38,39)23-8-5-19(2)6-9-23/h5-10,15-18,22,32H,4,11-14H2,1-3H3. The second-order valence-electron chi connectivity index (χ2n) is 10.2. The summed E-state index contributed by atoms with van der Waals surface area (Å²) < 4.78 is 51.7. The topological polar surface area (TPSA) is 104 Å². The zero-order valence-corrected chi connectivity index (χ0v) is 23.9. The first kappa shape index (κ1) is 27.1. The highest BCUT2D eigenvalue weighted by Crippen LogP contribution is 2.39. The van der Waals surface area contributed by atoms with E-state index in [0.29, 0.717) is 45.6 Å². The fraction of sp³-hybridized carbons (Fsp3) is 0.300. The lowest BCUT2D eigenvalue weighted by Crippen LogP contribution is -2.29. The lowest BCUT2D eigenvalue weighted by Gasteiger charge is -2.22. The summed E-state index contributed by atoms with van der Waals surface area (Å²) in [6.45, 7) is 5.52. The van der Waals surface area contributed by atoms with Gasteiger partial charge in [-0.05, 0) is 63.5 Å². The first-order chi connectivity index (χ1) is 19.8. The van der Waals surface area contributed by atoms with Gasteiger partial charge in [0.2, 0.25) is 11.8 Å². The van der Waals surface area contributed by atoms with Crippen LogP contribution >= 0.6 is 0 Å². The van der Waals surface area contributed by atoms with E-state index in [1.807, 2.05) is 19.9 Å². The molecule has 1 aliphatic heterocycles. The van der Waals surface area contributed by atoms with Crippen LogP contribution in [0.5, 0.6) is 5.88 Å². The van der Waals surface area contributed by atoms with Crippen LogP contribution in [0.3, 0.4) is 0 Å². The summed E-state index contributed by atoms with van der Waals surface area (Å²) in [5, 5.41) is 8.08. The van der Waals surface area contributed by atoms with E-state index < -0.39 is 16.0 Å². The van der Waals surface area contributed by atoms with Crippen molar-refractivity contribution in [1.29, 1.82) is 0 Å². The highest BCUT2D eigenvalue weighted by Gasteiger charge is 2.29. The number of fused-ring (bicyclic) bond motifs is 1. The molecule has 1 saturated heterocycles. The highest BCUT2D eigenvalue weighted by atomic mass is 32.2. The van der Waals surface area contributed by atoms with E-state index in [1.54, 1.807) is 53.5 Å². The van der Waals surface area contributed by atoms with E-state index >= 15 is 4.39 Å². The summed E-state index contributed by atoms with van der Waals surface area (Å²) in [7, 11) is -2.47. The Balaban J connectivity index is 1.58. The van der Waals surface area contributed by atoms with Crippen LogP contribution in [-0.4, -0.2) is 52.3 Å². The van der Waals surface area contributed by atoms with Crippen molar-refractivity contribution in [3.05, 3.63) is 78.3 Å². The number of rotatable bonds is 7. The van der Waals surface area contributed by atoms with Crippen LogP contribution in [0.4, 0.5) is 4.39 Å². The second kappa shape index (κ2) is 10.7. The van der Waals surface area contributed by atoms with Gasteiger partial charge in [0.15, 0.2) is 5.65 Å². The Bertz CT molecular complexity index is 1820. The minimum Gasteiger partial charge on any atom is -0.481 e. The van der Waals surface area contributed by atoms with Crippen LogP contribution in [0.25, 0.3) is 33.3 Å². The van der Waals surface area contributed by atoms with Crippen LogP contribution in [0.1, 0.15) is 37.1 Å². The van der Waals surface area contributed by atoms with Gasteiger partial charge in [0.05, 0.1) is 23.6 Å². The summed E-state index contributed by atoms with van der Waals surface area (Å²) >= 11 is 0. The monoisotopic (exact) mass is 574 g/mol. The fourth-order valence-electron chi connectivity index (χ4n) is 5.52. The maximum atomic E-state index is 15.3. The van der Waals surface area contributed by atoms with Gasteiger partial charge in [0.25, 0.3) is 10.0 Å². The number of hydrogen-bond donors (Lipinski definition) is 1. The van der Waals surface area contributed by atoms with Crippen molar-refractivity contribution >= 4 is 21.1 Å². The number of aryl methyl sites for hydroxylation is 1.